The highest BCUT2D eigenvalue weighted by Crippen LogP contribution is 2.47. The quantitative estimate of drug-likeness (QED) is 0.289. The molecule has 11 heteroatoms. The molecule has 1 unspecified atom stereocenters. The minimum atomic E-state index is -0.647. The number of aryl methyl sites for hydroxylation is 1. The topological polar surface area (TPSA) is 95.9 Å². The summed E-state index contributed by atoms with van der Waals surface area (Å²) in [6, 6.07) is 6.83. The maximum Gasteiger partial charge on any atom is 0.319 e. The molecule has 2 bridgehead atoms. The number of hydrogen-bond donors (Lipinski definition) is 2. The second-order valence-corrected chi connectivity index (χ2v) is 13.2. The van der Waals surface area contributed by atoms with Gasteiger partial charge in [-0.15, -0.1) is 0 Å². The molecular formula is C34H38F2N6O3. The normalized spacial score (nSPS) is 22.8. The molecule has 2 atom stereocenters. The van der Waals surface area contributed by atoms with Crippen LogP contribution in [0.1, 0.15) is 38.2 Å². The molecule has 2 aromatic heterocycles. The summed E-state index contributed by atoms with van der Waals surface area (Å²) >= 11 is 0. The van der Waals surface area contributed by atoms with Crippen molar-refractivity contribution in [3.05, 3.63) is 47.7 Å². The van der Waals surface area contributed by atoms with Crippen LogP contribution in [0.4, 0.5) is 14.6 Å². The van der Waals surface area contributed by atoms with Gasteiger partial charge in [0.25, 0.3) is 0 Å². The number of benzene rings is 2. The van der Waals surface area contributed by atoms with Gasteiger partial charge in [-0.2, -0.15) is 9.97 Å². The van der Waals surface area contributed by atoms with E-state index in [4.69, 9.17) is 14.5 Å². The zero-order valence-electron chi connectivity index (χ0n) is 25.5. The van der Waals surface area contributed by atoms with E-state index in [0.717, 1.165) is 71.6 Å². The monoisotopic (exact) mass is 616 g/mol. The van der Waals surface area contributed by atoms with E-state index >= 15 is 4.39 Å². The summed E-state index contributed by atoms with van der Waals surface area (Å²) in [5.74, 6) is -0.457. The Morgan fingerprint density at radius 2 is 1.87 bits per heavy atom. The lowest BCUT2D eigenvalue weighted by molar-refractivity contribution is 0.0231. The molecule has 1 aliphatic carbocycles. The van der Waals surface area contributed by atoms with Gasteiger partial charge < -0.3 is 24.8 Å². The lowest BCUT2D eigenvalue weighted by Crippen LogP contribution is -2.51. The number of phenolic OH excluding ortho intramolecular Hbond substituents is 1. The van der Waals surface area contributed by atoms with Crippen LogP contribution in [0.5, 0.6) is 11.8 Å². The number of pyridine rings is 1. The molecule has 1 saturated carbocycles. The van der Waals surface area contributed by atoms with Crippen molar-refractivity contribution < 1.29 is 23.4 Å². The van der Waals surface area contributed by atoms with E-state index in [2.05, 4.69) is 25.1 Å². The third-order valence-corrected chi connectivity index (χ3v) is 10.0. The Morgan fingerprint density at radius 3 is 2.60 bits per heavy atom. The van der Waals surface area contributed by atoms with Crippen molar-refractivity contribution in [2.45, 2.75) is 51.1 Å². The van der Waals surface area contributed by atoms with Crippen LogP contribution in [0.3, 0.4) is 0 Å². The fourth-order valence-corrected chi connectivity index (χ4v) is 7.49. The lowest BCUT2D eigenvalue weighted by atomic mass is 9.94. The second-order valence-electron chi connectivity index (χ2n) is 13.2. The maximum absolute atomic E-state index is 16.8. The van der Waals surface area contributed by atoms with Crippen molar-refractivity contribution in [1.29, 1.82) is 0 Å². The molecule has 4 fully saturated rings. The number of morpholine rings is 1. The summed E-state index contributed by atoms with van der Waals surface area (Å²) in [5, 5.41) is 15.9. The number of nitrogens with zero attached hydrogens (tertiary/aromatic N) is 5. The summed E-state index contributed by atoms with van der Waals surface area (Å²) in [7, 11) is 0. The van der Waals surface area contributed by atoms with Crippen LogP contribution in [0, 0.1) is 17.0 Å². The van der Waals surface area contributed by atoms with Gasteiger partial charge in [-0.3, -0.25) is 9.88 Å². The van der Waals surface area contributed by atoms with Gasteiger partial charge in [0.1, 0.15) is 28.6 Å². The number of piperazine rings is 1. The highest BCUT2D eigenvalue weighted by molar-refractivity contribution is 6.01. The van der Waals surface area contributed by atoms with Gasteiger partial charge in [0, 0.05) is 62.0 Å². The maximum atomic E-state index is 16.8. The standard InChI is InChI=1S/C34H38F2N6O3/c1-2-24-27(35)6-3-20-13-23(43)14-25(28(20)24)30-29(36)31-26(15-37-30)32(42-16-21-4-5-22(17-42)38-21)40-33(39-31)45-19-34(7-8-34)18-41-9-11-44-12-10-41/h3,6,13-15,21-22,38,43H,2,4-5,7-12,16-19H2,1H3/t21-,22?/m0/s1. The summed E-state index contributed by atoms with van der Waals surface area (Å²) in [5.41, 5.74) is 0.918. The van der Waals surface area contributed by atoms with Crippen molar-refractivity contribution >= 4 is 27.5 Å². The number of ether oxygens (including phenoxy) is 2. The highest BCUT2D eigenvalue weighted by Gasteiger charge is 2.45. The number of aromatic hydroxyl groups is 1. The van der Waals surface area contributed by atoms with E-state index in [-0.39, 0.29) is 34.2 Å². The van der Waals surface area contributed by atoms with Crippen LogP contribution in [-0.2, 0) is 11.2 Å². The minimum absolute atomic E-state index is 0.00524. The number of halogens is 2. The lowest BCUT2D eigenvalue weighted by Gasteiger charge is -2.34. The summed E-state index contributed by atoms with van der Waals surface area (Å²) in [6.07, 6.45) is 6.32. The molecule has 2 N–H and O–H groups in total. The van der Waals surface area contributed by atoms with Gasteiger partial charge >= 0.3 is 6.01 Å². The summed E-state index contributed by atoms with van der Waals surface area (Å²) in [4.78, 5) is 18.7. The molecule has 3 saturated heterocycles. The SMILES string of the molecule is CCc1c(F)ccc2cc(O)cc(-c3ncc4c(N5CC6CC[C@@H](C5)N6)nc(OCC5(CN6CCOCC6)CC5)nc4c3F)c12. The molecule has 0 radical (unpaired) electrons. The number of aromatic nitrogens is 3. The molecule has 9 nitrogen and oxygen atoms in total. The molecular weight excluding hydrogens is 578 g/mol. The first-order valence-electron chi connectivity index (χ1n) is 16.1. The fourth-order valence-electron chi connectivity index (χ4n) is 7.49. The Kier molecular flexibility index (Phi) is 7.22. The Morgan fingerprint density at radius 1 is 1.09 bits per heavy atom. The molecule has 236 valence electrons. The molecule has 4 aliphatic rings. The zero-order chi connectivity index (χ0) is 30.7. The average molecular weight is 617 g/mol. The molecule has 8 rings (SSSR count). The van der Waals surface area contributed by atoms with Crippen LogP contribution in [0.15, 0.2) is 30.5 Å². The molecule has 0 spiro atoms. The number of fused-ring (bicyclic) bond motifs is 4. The van der Waals surface area contributed by atoms with Crippen molar-refractivity contribution in [2.24, 2.45) is 5.41 Å². The van der Waals surface area contributed by atoms with Crippen molar-refractivity contribution in [3.63, 3.8) is 0 Å². The van der Waals surface area contributed by atoms with Crippen molar-refractivity contribution in [2.75, 3.05) is 57.4 Å². The van der Waals surface area contributed by atoms with Crippen molar-refractivity contribution in [3.8, 4) is 23.0 Å². The van der Waals surface area contributed by atoms with Gasteiger partial charge in [-0.1, -0.05) is 13.0 Å². The molecule has 3 aliphatic heterocycles. The smallest absolute Gasteiger partial charge is 0.319 e. The van der Waals surface area contributed by atoms with Gasteiger partial charge in [0.15, 0.2) is 5.82 Å². The van der Waals surface area contributed by atoms with E-state index in [1.807, 2.05) is 6.92 Å². The van der Waals surface area contributed by atoms with E-state index in [1.165, 1.54) is 12.1 Å². The Balaban J connectivity index is 1.22. The van der Waals surface area contributed by atoms with Crippen LogP contribution in [0.25, 0.3) is 32.9 Å². The van der Waals surface area contributed by atoms with E-state index in [9.17, 15) is 9.50 Å². The molecule has 0 amide bonds. The summed E-state index contributed by atoms with van der Waals surface area (Å²) in [6.45, 7) is 8.07. The third kappa shape index (κ3) is 5.34. The van der Waals surface area contributed by atoms with Gasteiger partial charge in [0.2, 0.25) is 0 Å². The van der Waals surface area contributed by atoms with E-state index in [1.54, 1.807) is 18.3 Å². The number of rotatable bonds is 8. The van der Waals surface area contributed by atoms with E-state index in [0.29, 0.717) is 58.2 Å². The number of hydrogen-bond acceptors (Lipinski definition) is 9. The number of phenols is 1. The highest BCUT2D eigenvalue weighted by atomic mass is 19.1. The van der Waals surface area contributed by atoms with Crippen LogP contribution < -0.4 is 15.0 Å². The average Bonchev–Trinajstić information content (AvgIpc) is 3.73. The Bertz CT molecular complexity index is 1760. The van der Waals surface area contributed by atoms with Crippen LogP contribution >= 0.6 is 0 Å². The third-order valence-electron chi connectivity index (χ3n) is 10.0. The molecule has 2 aromatic carbocycles. The zero-order valence-corrected chi connectivity index (χ0v) is 25.5. The van der Waals surface area contributed by atoms with Crippen molar-refractivity contribution in [1.82, 2.24) is 25.2 Å². The Labute approximate surface area is 260 Å². The second kappa shape index (κ2) is 11.3. The van der Waals surface area contributed by atoms with Crippen LogP contribution in [-0.4, -0.2) is 89.6 Å². The Hall–Kier alpha value is -3.67. The predicted octanol–water partition coefficient (Wildman–Crippen LogP) is 4.82. The fraction of sp³-hybridized carbons (Fsp3) is 0.500. The number of nitrogens with one attached hydrogen (secondary N) is 1. The first-order valence-corrected chi connectivity index (χ1v) is 16.1. The van der Waals surface area contributed by atoms with Crippen LogP contribution in [0.2, 0.25) is 0 Å². The number of anilines is 1. The van der Waals surface area contributed by atoms with E-state index < -0.39 is 5.82 Å². The van der Waals surface area contributed by atoms with Gasteiger partial charge in [-0.25, -0.2) is 8.78 Å². The molecule has 4 aromatic rings. The molecule has 45 heavy (non-hydrogen) atoms. The first kappa shape index (κ1) is 28.8. The van der Waals surface area contributed by atoms with Gasteiger partial charge in [-0.05, 0) is 66.6 Å². The first-order chi connectivity index (χ1) is 21.9. The summed E-state index contributed by atoms with van der Waals surface area (Å²) < 4.78 is 43.6. The predicted molar refractivity (Wildman–Crippen MR) is 168 cm³/mol. The largest absolute Gasteiger partial charge is 0.508 e. The molecule has 5 heterocycles. The minimum Gasteiger partial charge on any atom is -0.508 e. The van der Waals surface area contributed by atoms with Gasteiger partial charge in [0.05, 0.1) is 25.2 Å².